The zero-order valence-electron chi connectivity index (χ0n) is 4.80. The van der Waals surface area contributed by atoms with E-state index in [4.69, 9.17) is 11.6 Å². The summed E-state index contributed by atoms with van der Waals surface area (Å²) in [5, 5.41) is 0. The van der Waals surface area contributed by atoms with Crippen LogP contribution >= 0.6 is 11.6 Å². The third-order valence-electron chi connectivity index (χ3n) is 0.590. The van der Waals surface area contributed by atoms with Crippen LogP contribution in [0.1, 0.15) is 6.42 Å². The highest BCUT2D eigenvalue weighted by molar-refractivity contribution is 6.18. The Labute approximate surface area is 57.9 Å². The van der Waals surface area contributed by atoms with Crippen LogP contribution in [0.25, 0.3) is 0 Å². The predicted octanol–water partition coefficient (Wildman–Crippen LogP) is 0.357. The number of alkyl halides is 1. The van der Waals surface area contributed by atoms with Gasteiger partial charge in [-0.15, -0.1) is 11.6 Å². The van der Waals surface area contributed by atoms with Crippen molar-refractivity contribution in [1.82, 2.24) is 0 Å². The van der Waals surface area contributed by atoms with Crippen LogP contribution in [-0.4, -0.2) is 24.7 Å². The highest BCUT2D eigenvalue weighted by atomic mass is 35.5. The lowest BCUT2D eigenvalue weighted by Gasteiger charge is -1.95. The molecule has 0 atom stereocenters. The van der Waals surface area contributed by atoms with E-state index in [1.807, 2.05) is 0 Å². The quantitative estimate of drug-likeness (QED) is 0.252. The van der Waals surface area contributed by atoms with Gasteiger partial charge in [-0.1, -0.05) is 0 Å². The number of carbonyl (C=O) groups excluding carboxylic acids is 2. The van der Waals surface area contributed by atoms with Gasteiger partial charge < -0.3 is 9.53 Å². The van der Waals surface area contributed by atoms with Gasteiger partial charge in [0, 0.05) is 0 Å². The maximum atomic E-state index is 10.3. The number of hydrogen-bond donors (Lipinski definition) is 0. The molecule has 0 aromatic carbocycles. The van der Waals surface area contributed by atoms with Crippen LogP contribution in [0, 0.1) is 0 Å². The topological polar surface area (TPSA) is 43.4 Å². The number of hydrogen-bond acceptors (Lipinski definition) is 3. The zero-order valence-corrected chi connectivity index (χ0v) is 5.56. The monoisotopic (exact) mass is 150 g/mol. The summed E-state index contributed by atoms with van der Waals surface area (Å²) in [5.41, 5.74) is 0. The molecule has 9 heavy (non-hydrogen) atoms. The Bertz CT molecular complexity index is 102. The molecule has 0 saturated heterocycles. The summed E-state index contributed by atoms with van der Waals surface area (Å²) < 4.78 is 4.43. The molecule has 0 rings (SSSR count). The van der Waals surface area contributed by atoms with Gasteiger partial charge in [-0.3, -0.25) is 4.79 Å². The van der Waals surface area contributed by atoms with Crippen LogP contribution in [-0.2, 0) is 14.3 Å². The molecule has 4 heteroatoms. The molecule has 0 radical (unpaired) electrons. The number of ether oxygens (including phenoxy) is 1. The smallest absolute Gasteiger partial charge is 0.313 e. The van der Waals surface area contributed by atoms with E-state index in [0.717, 1.165) is 0 Å². The molecule has 0 aromatic rings. The van der Waals surface area contributed by atoms with Gasteiger partial charge in [0.05, 0.1) is 5.88 Å². The molecule has 3 nitrogen and oxygen atoms in total. The van der Waals surface area contributed by atoms with E-state index in [0.29, 0.717) is 6.29 Å². The molecule has 0 aliphatic heterocycles. The number of carbonyl (C=O) groups is 2. The lowest BCUT2D eigenvalue weighted by molar-refractivity contribution is -0.143. The Hall–Kier alpha value is -0.570. The first-order chi connectivity index (χ1) is 4.31. The van der Waals surface area contributed by atoms with E-state index in [1.54, 1.807) is 0 Å². The molecular formula is C5H7ClO3. The average Bonchev–Trinajstić information content (AvgIpc) is 1.85. The first-order valence-electron chi connectivity index (χ1n) is 2.46. The van der Waals surface area contributed by atoms with E-state index >= 15 is 0 Å². The van der Waals surface area contributed by atoms with Crippen molar-refractivity contribution in [2.45, 2.75) is 6.42 Å². The SMILES string of the molecule is O=CCC(=O)OCCCl. The third kappa shape index (κ3) is 5.30. The molecule has 0 spiro atoms. The van der Waals surface area contributed by atoms with E-state index in [1.165, 1.54) is 0 Å². The predicted molar refractivity (Wildman–Crippen MR) is 32.4 cm³/mol. The van der Waals surface area contributed by atoms with Crippen molar-refractivity contribution in [3.63, 3.8) is 0 Å². The minimum absolute atomic E-state index is 0.175. The van der Waals surface area contributed by atoms with Crippen molar-refractivity contribution >= 4 is 23.9 Å². The molecule has 0 N–H and O–H groups in total. The summed E-state index contributed by atoms with van der Waals surface area (Å²) in [6.07, 6.45) is 0.313. The normalized spacial score (nSPS) is 8.56. The molecule has 0 saturated carbocycles. The molecule has 0 bridgehead atoms. The third-order valence-corrected chi connectivity index (χ3v) is 0.745. The number of halogens is 1. The molecular weight excluding hydrogens is 144 g/mol. The van der Waals surface area contributed by atoms with Crippen molar-refractivity contribution in [2.75, 3.05) is 12.5 Å². The fraction of sp³-hybridized carbons (Fsp3) is 0.600. The molecule has 0 heterocycles. The van der Waals surface area contributed by atoms with Crippen molar-refractivity contribution in [2.24, 2.45) is 0 Å². The van der Waals surface area contributed by atoms with E-state index < -0.39 is 5.97 Å². The summed E-state index contributed by atoms with van der Waals surface area (Å²) in [4.78, 5) is 19.9. The second-order valence-corrected chi connectivity index (χ2v) is 1.66. The summed E-state index contributed by atoms with van der Waals surface area (Å²) in [6, 6.07) is 0. The first-order valence-corrected chi connectivity index (χ1v) is 3.00. The summed E-state index contributed by atoms with van der Waals surface area (Å²) in [6.45, 7) is 0.175. The Morgan fingerprint density at radius 3 is 2.78 bits per heavy atom. The van der Waals surface area contributed by atoms with E-state index in [-0.39, 0.29) is 18.9 Å². The fourth-order valence-electron chi connectivity index (χ4n) is 0.279. The van der Waals surface area contributed by atoms with E-state index in [2.05, 4.69) is 4.74 Å². The number of esters is 1. The van der Waals surface area contributed by atoms with Crippen LogP contribution in [0.4, 0.5) is 0 Å². The van der Waals surface area contributed by atoms with Crippen molar-refractivity contribution in [3.8, 4) is 0 Å². The average molecular weight is 151 g/mol. The maximum Gasteiger partial charge on any atom is 0.313 e. The van der Waals surface area contributed by atoms with Crippen LogP contribution in [0.15, 0.2) is 0 Å². The van der Waals surface area contributed by atoms with Crippen molar-refractivity contribution < 1.29 is 14.3 Å². The number of aldehydes is 1. The van der Waals surface area contributed by atoms with Crippen LogP contribution < -0.4 is 0 Å². The van der Waals surface area contributed by atoms with Gasteiger partial charge in [0.2, 0.25) is 0 Å². The molecule has 0 aliphatic rings. The Kier molecular flexibility index (Phi) is 5.21. The first kappa shape index (κ1) is 8.43. The lowest BCUT2D eigenvalue weighted by Crippen LogP contribution is -2.06. The summed E-state index contributed by atoms with van der Waals surface area (Å²) in [7, 11) is 0. The highest BCUT2D eigenvalue weighted by Gasteiger charge is 1.97. The van der Waals surface area contributed by atoms with Crippen LogP contribution in [0.3, 0.4) is 0 Å². The second kappa shape index (κ2) is 5.56. The van der Waals surface area contributed by atoms with Crippen LogP contribution in [0.5, 0.6) is 0 Å². The largest absolute Gasteiger partial charge is 0.464 e. The standard InChI is InChI=1S/C5H7ClO3/c6-2-4-9-5(8)1-3-7/h3H,1-2,4H2. The minimum atomic E-state index is -0.523. The van der Waals surface area contributed by atoms with Crippen molar-refractivity contribution in [3.05, 3.63) is 0 Å². The number of rotatable bonds is 4. The van der Waals surface area contributed by atoms with Gasteiger partial charge in [-0.2, -0.15) is 0 Å². The van der Waals surface area contributed by atoms with Crippen LogP contribution in [0.2, 0.25) is 0 Å². The van der Waals surface area contributed by atoms with Gasteiger partial charge in [0.1, 0.15) is 19.3 Å². The molecule has 0 amide bonds. The summed E-state index contributed by atoms with van der Waals surface area (Å²) in [5.74, 6) is -0.254. The maximum absolute atomic E-state index is 10.3. The molecule has 0 unspecified atom stereocenters. The molecule has 0 aromatic heterocycles. The zero-order chi connectivity index (χ0) is 7.11. The molecule has 0 fully saturated rings. The van der Waals surface area contributed by atoms with Gasteiger partial charge in [0.15, 0.2) is 0 Å². The van der Waals surface area contributed by atoms with Gasteiger partial charge >= 0.3 is 5.97 Å². The molecule has 52 valence electrons. The minimum Gasteiger partial charge on any atom is -0.464 e. The van der Waals surface area contributed by atoms with Gasteiger partial charge in [0.25, 0.3) is 0 Å². The Morgan fingerprint density at radius 1 is 1.67 bits per heavy atom. The van der Waals surface area contributed by atoms with Crippen molar-refractivity contribution in [1.29, 1.82) is 0 Å². The van der Waals surface area contributed by atoms with Gasteiger partial charge in [-0.25, -0.2) is 0 Å². The lowest BCUT2D eigenvalue weighted by atomic mass is 10.5. The summed E-state index contributed by atoms with van der Waals surface area (Å²) >= 11 is 5.18. The highest BCUT2D eigenvalue weighted by Crippen LogP contribution is 1.83. The fourth-order valence-corrected chi connectivity index (χ4v) is 0.357. The van der Waals surface area contributed by atoms with E-state index in [9.17, 15) is 9.59 Å². The molecule has 0 aliphatic carbocycles. The Balaban J connectivity index is 3.16. The Morgan fingerprint density at radius 2 is 2.33 bits per heavy atom. The van der Waals surface area contributed by atoms with Gasteiger partial charge in [-0.05, 0) is 0 Å². The second-order valence-electron chi connectivity index (χ2n) is 1.28.